The van der Waals surface area contributed by atoms with E-state index in [4.69, 9.17) is 5.73 Å². The van der Waals surface area contributed by atoms with Gasteiger partial charge in [0.1, 0.15) is 0 Å². The van der Waals surface area contributed by atoms with Crippen LogP contribution in [0.15, 0.2) is 24.3 Å². The van der Waals surface area contributed by atoms with Gasteiger partial charge in [-0.3, -0.25) is 9.69 Å². The zero-order valence-corrected chi connectivity index (χ0v) is 15.1. The number of hydrogen-bond donors (Lipinski definition) is 2. The smallest absolute Gasteiger partial charge is 0.221 e. The summed E-state index contributed by atoms with van der Waals surface area (Å²) in [5.74, 6) is 1.60. The molecule has 2 rings (SSSR count). The minimum Gasteiger partial charge on any atom is -0.352 e. The minimum absolute atomic E-state index is 0. The van der Waals surface area contributed by atoms with E-state index in [0.717, 1.165) is 23.9 Å². The largest absolute Gasteiger partial charge is 0.352 e. The molecule has 5 heteroatoms. The van der Waals surface area contributed by atoms with E-state index in [2.05, 4.69) is 48.3 Å². The number of halogens is 1. The van der Waals surface area contributed by atoms with Crippen LogP contribution in [-0.2, 0) is 17.9 Å². The van der Waals surface area contributed by atoms with E-state index in [9.17, 15) is 4.79 Å². The average molecular weight is 340 g/mol. The lowest BCUT2D eigenvalue weighted by molar-refractivity contribution is -0.121. The Morgan fingerprint density at radius 1 is 1.17 bits per heavy atom. The van der Waals surface area contributed by atoms with E-state index >= 15 is 0 Å². The normalized spacial score (nSPS) is 21.5. The number of benzene rings is 1. The maximum Gasteiger partial charge on any atom is 0.221 e. The first kappa shape index (κ1) is 19.9. The number of nitrogens with two attached hydrogens (primary N) is 1. The molecule has 0 bridgehead atoms. The highest BCUT2D eigenvalue weighted by molar-refractivity contribution is 5.85. The summed E-state index contributed by atoms with van der Waals surface area (Å²) in [6, 6.07) is 8.56. The number of hydrogen-bond acceptors (Lipinski definition) is 3. The number of nitrogens with one attached hydrogen (secondary N) is 1. The summed E-state index contributed by atoms with van der Waals surface area (Å²) in [5, 5.41) is 2.88. The Bertz CT molecular complexity index is 468. The van der Waals surface area contributed by atoms with Crippen LogP contribution < -0.4 is 11.1 Å². The number of carbonyl (C=O) groups excluding carboxylic acids is 1. The predicted octanol–water partition coefficient (Wildman–Crippen LogP) is 2.55. The highest BCUT2D eigenvalue weighted by atomic mass is 35.5. The van der Waals surface area contributed by atoms with Gasteiger partial charge in [0.25, 0.3) is 0 Å². The molecule has 1 aromatic carbocycles. The van der Waals surface area contributed by atoms with Gasteiger partial charge in [-0.25, -0.2) is 0 Å². The summed E-state index contributed by atoms with van der Waals surface area (Å²) in [6.45, 7) is 9.08. The van der Waals surface area contributed by atoms with Gasteiger partial charge >= 0.3 is 0 Å². The summed E-state index contributed by atoms with van der Waals surface area (Å²) in [4.78, 5) is 14.0. The lowest BCUT2D eigenvalue weighted by atomic mass is 9.91. The SMILES string of the molecule is CC1CC(C)CN(Cc2ccc(CNC(=O)CCN)cc2)C1.Cl. The molecule has 0 aromatic heterocycles. The molecule has 1 aliphatic rings. The number of nitrogens with zero attached hydrogens (tertiary/aromatic N) is 1. The van der Waals surface area contributed by atoms with Crippen LogP contribution in [0.4, 0.5) is 0 Å². The van der Waals surface area contributed by atoms with Crippen LogP contribution in [0.25, 0.3) is 0 Å². The number of likely N-dealkylation sites (tertiary alicyclic amines) is 1. The van der Waals surface area contributed by atoms with Crippen molar-refractivity contribution in [3.05, 3.63) is 35.4 Å². The molecule has 0 radical (unpaired) electrons. The molecule has 2 atom stereocenters. The van der Waals surface area contributed by atoms with Crippen molar-refractivity contribution >= 4 is 18.3 Å². The van der Waals surface area contributed by atoms with E-state index in [1.54, 1.807) is 0 Å². The van der Waals surface area contributed by atoms with Gasteiger partial charge in [0.05, 0.1) is 0 Å². The number of piperidine rings is 1. The Kier molecular flexibility index (Phi) is 8.59. The zero-order valence-electron chi connectivity index (χ0n) is 14.3. The Balaban J connectivity index is 0.00000264. The second-order valence-electron chi connectivity index (χ2n) is 6.77. The van der Waals surface area contributed by atoms with Crippen molar-refractivity contribution in [3.63, 3.8) is 0 Å². The molecule has 1 fully saturated rings. The van der Waals surface area contributed by atoms with Crippen LogP contribution in [-0.4, -0.2) is 30.4 Å². The van der Waals surface area contributed by atoms with Crippen molar-refractivity contribution in [3.8, 4) is 0 Å². The van der Waals surface area contributed by atoms with E-state index in [0.29, 0.717) is 19.5 Å². The number of amides is 1. The zero-order chi connectivity index (χ0) is 15.9. The second kappa shape index (κ2) is 9.91. The first-order valence-electron chi connectivity index (χ1n) is 8.33. The highest BCUT2D eigenvalue weighted by Crippen LogP contribution is 2.22. The van der Waals surface area contributed by atoms with Gasteiger partial charge in [-0.1, -0.05) is 38.1 Å². The first-order valence-corrected chi connectivity index (χ1v) is 8.33. The maximum absolute atomic E-state index is 11.4. The van der Waals surface area contributed by atoms with Crippen molar-refractivity contribution in [2.75, 3.05) is 19.6 Å². The Morgan fingerprint density at radius 3 is 2.30 bits per heavy atom. The van der Waals surface area contributed by atoms with Crippen LogP contribution >= 0.6 is 12.4 Å². The van der Waals surface area contributed by atoms with Crippen molar-refractivity contribution < 1.29 is 4.79 Å². The van der Waals surface area contributed by atoms with Crippen molar-refractivity contribution in [2.24, 2.45) is 17.6 Å². The van der Waals surface area contributed by atoms with E-state index in [1.165, 1.54) is 25.1 Å². The fraction of sp³-hybridized carbons (Fsp3) is 0.611. The van der Waals surface area contributed by atoms with Crippen molar-refractivity contribution in [1.82, 2.24) is 10.2 Å². The van der Waals surface area contributed by atoms with Gasteiger partial charge in [-0.2, -0.15) is 0 Å². The summed E-state index contributed by atoms with van der Waals surface area (Å²) in [7, 11) is 0. The molecule has 3 N–H and O–H groups in total. The summed E-state index contributed by atoms with van der Waals surface area (Å²) in [6.07, 6.45) is 1.74. The quantitative estimate of drug-likeness (QED) is 0.837. The van der Waals surface area contributed by atoms with E-state index < -0.39 is 0 Å². The Morgan fingerprint density at radius 2 is 1.74 bits per heavy atom. The molecule has 1 aliphatic heterocycles. The topological polar surface area (TPSA) is 58.4 Å². The molecular formula is C18H30ClN3O. The lowest BCUT2D eigenvalue weighted by Crippen LogP contribution is -2.38. The predicted molar refractivity (Wildman–Crippen MR) is 97.4 cm³/mol. The fourth-order valence-electron chi connectivity index (χ4n) is 3.36. The standard InChI is InChI=1S/C18H29N3O.ClH/c1-14-9-15(2)12-21(11-14)13-17-5-3-16(4-6-17)10-20-18(22)7-8-19;/h3-6,14-15H,7-13,19H2,1-2H3,(H,20,22);1H. The highest BCUT2D eigenvalue weighted by Gasteiger charge is 2.21. The van der Waals surface area contributed by atoms with Crippen LogP contribution in [0.1, 0.15) is 37.8 Å². The second-order valence-corrected chi connectivity index (χ2v) is 6.77. The van der Waals surface area contributed by atoms with Crippen LogP contribution in [0.2, 0.25) is 0 Å². The third-order valence-electron chi connectivity index (χ3n) is 4.23. The summed E-state index contributed by atoms with van der Waals surface area (Å²) < 4.78 is 0. The Hall–Kier alpha value is -1.10. The number of rotatable bonds is 6. The molecule has 0 spiro atoms. The molecule has 1 saturated heterocycles. The maximum atomic E-state index is 11.4. The van der Waals surface area contributed by atoms with Crippen LogP contribution in [0.5, 0.6) is 0 Å². The molecule has 1 amide bonds. The summed E-state index contributed by atoms with van der Waals surface area (Å²) in [5.41, 5.74) is 7.84. The van der Waals surface area contributed by atoms with Gasteiger partial charge in [-0.15, -0.1) is 12.4 Å². The van der Waals surface area contributed by atoms with Crippen LogP contribution in [0, 0.1) is 11.8 Å². The molecule has 130 valence electrons. The third kappa shape index (κ3) is 6.90. The average Bonchev–Trinajstić information content (AvgIpc) is 2.46. The van der Waals surface area contributed by atoms with Gasteiger partial charge in [0.2, 0.25) is 5.91 Å². The third-order valence-corrected chi connectivity index (χ3v) is 4.23. The van der Waals surface area contributed by atoms with Gasteiger partial charge in [0, 0.05) is 39.1 Å². The van der Waals surface area contributed by atoms with Crippen LogP contribution in [0.3, 0.4) is 0 Å². The van der Waals surface area contributed by atoms with Crippen molar-refractivity contribution in [2.45, 2.75) is 39.8 Å². The number of carbonyl (C=O) groups is 1. The lowest BCUT2D eigenvalue weighted by Gasteiger charge is -2.35. The van der Waals surface area contributed by atoms with Gasteiger partial charge in [0.15, 0.2) is 0 Å². The van der Waals surface area contributed by atoms with Gasteiger partial charge in [-0.05, 0) is 29.4 Å². The van der Waals surface area contributed by atoms with E-state index in [-0.39, 0.29) is 18.3 Å². The van der Waals surface area contributed by atoms with E-state index in [1.807, 2.05) is 0 Å². The Labute approximate surface area is 146 Å². The van der Waals surface area contributed by atoms with Crippen molar-refractivity contribution in [1.29, 1.82) is 0 Å². The molecule has 23 heavy (non-hydrogen) atoms. The molecule has 2 unspecified atom stereocenters. The molecule has 1 aromatic rings. The molecule has 1 heterocycles. The molecule has 4 nitrogen and oxygen atoms in total. The molecule has 0 aliphatic carbocycles. The minimum atomic E-state index is 0. The molecule has 0 saturated carbocycles. The monoisotopic (exact) mass is 339 g/mol. The summed E-state index contributed by atoms with van der Waals surface area (Å²) >= 11 is 0. The van der Waals surface area contributed by atoms with Gasteiger partial charge < -0.3 is 11.1 Å². The fourth-order valence-corrected chi connectivity index (χ4v) is 3.36. The molecular weight excluding hydrogens is 310 g/mol. The first-order chi connectivity index (χ1) is 10.6.